The Kier molecular flexibility index (Phi) is 4.05. The van der Waals surface area contributed by atoms with Crippen LogP contribution in [0.3, 0.4) is 0 Å². The maximum atomic E-state index is 12.0. The normalized spacial score (nSPS) is 10.7. The molecule has 0 saturated carbocycles. The topological polar surface area (TPSA) is 66.8 Å². The summed E-state index contributed by atoms with van der Waals surface area (Å²) < 4.78 is 4.96. The first kappa shape index (κ1) is 13.7. The van der Waals surface area contributed by atoms with Gasteiger partial charge in [-0.25, -0.2) is 0 Å². The fraction of sp³-hybridized carbons (Fsp3) is 0.0625. The van der Waals surface area contributed by atoms with Gasteiger partial charge in [0.1, 0.15) is 17.2 Å². The number of hydrogen-bond acceptors (Lipinski definition) is 4. The van der Waals surface area contributed by atoms with Crippen molar-refractivity contribution in [3.8, 4) is 17.2 Å². The third-order valence-corrected chi connectivity index (χ3v) is 2.79. The molecule has 102 valence electrons. The summed E-state index contributed by atoms with van der Waals surface area (Å²) in [7, 11) is 1.49. The molecule has 0 aromatic heterocycles. The number of carbonyl (C=O) groups excluding carboxylic acids is 1. The largest absolute Gasteiger partial charge is 0.508 e. The van der Waals surface area contributed by atoms with Crippen molar-refractivity contribution in [1.82, 2.24) is 0 Å². The summed E-state index contributed by atoms with van der Waals surface area (Å²) >= 11 is 0. The average molecular weight is 270 g/mol. The Hall–Kier alpha value is -2.75. The van der Waals surface area contributed by atoms with Crippen molar-refractivity contribution in [1.29, 1.82) is 0 Å². The molecule has 0 radical (unpaired) electrons. The zero-order chi connectivity index (χ0) is 14.5. The van der Waals surface area contributed by atoms with Crippen molar-refractivity contribution >= 4 is 11.9 Å². The summed E-state index contributed by atoms with van der Waals surface area (Å²) in [5.41, 5.74) is 0.991. The predicted octanol–water partition coefficient (Wildman–Crippen LogP) is 3.00. The minimum absolute atomic E-state index is 0.121. The first-order chi connectivity index (χ1) is 9.60. The van der Waals surface area contributed by atoms with E-state index in [9.17, 15) is 9.90 Å². The van der Waals surface area contributed by atoms with Gasteiger partial charge in [0.15, 0.2) is 5.78 Å². The van der Waals surface area contributed by atoms with Crippen molar-refractivity contribution in [2.75, 3.05) is 7.11 Å². The molecule has 0 atom stereocenters. The van der Waals surface area contributed by atoms with E-state index < -0.39 is 0 Å². The van der Waals surface area contributed by atoms with Crippen LogP contribution in [0.1, 0.15) is 15.9 Å². The van der Waals surface area contributed by atoms with Gasteiger partial charge in [-0.05, 0) is 35.9 Å². The fourth-order valence-corrected chi connectivity index (χ4v) is 1.69. The van der Waals surface area contributed by atoms with E-state index in [1.807, 2.05) is 0 Å². The lowest BCUT2D eigenvalue weighted by atomic mass is 10.1. The van der Waals surface area contributed by atoms with E-state index in [0.29, 0.717) is 5.75 Å². The highest BCUT2D eigenvalue weighted by atomic mass is 16.5. The molecule has 0 spiro atoms. The molecule has 0 aliphatic rings. The van der Waals surface area contributed by atoms with Crippen LogP contribution in [0, 0.1) is 0 Å². The third-order valence-electron chi connectivity index (χ3n) is 2.79. The van der Waals surface area contributed by atoms with E-state index in [4.69, 9.17) is 9.84 Å². The van der Waals surface area contributed by atoms with Crippen molar-refractivity contribution in [2.24, 2.45) is 0 Å². The Morgan fingerprint density at radius 2 is 1.80 bits per heavy atom. The van der Waals surface area contributed by atoms with Crippen LogP contribution in [0.4, 0.5) is 0 Å². The minimum atomic E-state index is -0.307. The highest BCUT2D eigenvalue weighted by Gasteiger charge is 2.09. The monoisotopic (exact) mass is 270 g/mol. The fourth-order valence-electron chi connectivity index (χ4n) is 1.69. The molecule has 0 aliphatic heterocycles. The van der Waals surface area contributed by atoms with Gasteiger partial charge in [-0.2, -0.15) is 0 Å². The van der Waals surface area contributed by atoms with Gasteiger partial charge in [-0.15, -0.1) is 0 Å². The molecule has 4 heteroatoms. The maximum Gasteiger partial charge on any atom is 0.189 e. The number of ketones is 1. The smallest absolute Gasteiger partial charge is 0.189 e. The van der Waals surface area contributed by atoms with Gasteiger partial charge in [0, 0.05) is 6.07 Å². The highest BCUT2D eigenvalue weighted by Crippen LogP contribution is 2.24. The lowest BCUT2D eigenvalue weighted by Crippen LogP contribution is -1.95. The van der Waals surface area contributed by atoms with E-state index in [2.05, 4.69) is 0 Å². The second-order valence-corrected chi connectivity index (χ2v) is 4.17. The maximum absolute atomic E-state index is 12.0. The van der Waals surface area contributed by atoms with Crippen LogP contribution in [-0.4, -0.2) is 23.1 Å². The number of phenolic OH excluding ortho intramolecular Hbond substituents is 2. The Morgan fingerprint density at radius 1 is 1.10 bits per heavy atom. The third kappa shape index (κ3) is 3.17. The van der Waals surface area contributed by atoms with Gasteiger partial charge in [0.2, 0.25) is 0 Å². The van der Waals surface area contributed by atoms with Gasteiger partial charge >= 0.3 is 0 Å². The van der Waals surface area contributed by atoms with Crippen LogP contribution in [0.2, 0.25) is 0 Å². The number of benzene rings is 2. The molecule has 2 aromatic carbocycles. The lowest BCUT2D eigenvalue weighted by Gasteiger charge is -2.03. The zero-order valence-corrected chi connectivity index (χ0v) is 10.9. The van der Waals surface area contributed by atoms with Gasteiger partial charge in [-0.1, -0.05) is 18.2 Å². The van der Waals surface area contributed by atoms with E-state index in [1.54, 1.807) is 24.3 Å². The van der Waals surface area contributed by atoms with Crippen LogP contribution >= 0.6 is 0 Å². The summed E-state index contributed by atoms with van der Waals surface area (Å²) in [4.78, 5) is 12.0. The molecule has 2 rings (SSSR count). The lowest BCUT2D eigenvalue weighted by molar-refractivity contribution is 0.104. The Balaban J connectivity index is 2.17. The van der Waals surface area contributed by atoms with Crippen LogP contribution < -0.4 is 4.74 Å². The number of methoxy groups -OCH3 is 1. The molecule has 2 aromatic rings. The number of carbonyl (C=O) groups is 1. The SMILES string of the molecule is COc1ccc(C(=O)/C=C\c2ccc(O)cc2)c(O)c1. The van der Waals surface area contributed by atoms with E-state index in [0.717, 1.165) is 5.56 Å². The molecule has 0 unspecified atom stereocenters. The molecular weight excluding hydrogens is 256 g/mol. The van der Waals surface area contributed by atoms with Gasteiger partial charge < -0.3 is 14.9 Å². The van der Waals surface area contributed by atoms with Crippen molar-refractivity contribution < 1.29 is 19.7 Å². The van der Waals surface area contributed by atoms with E-state index in [1.165, 1.54) is 37.5 Å². The van der Waals surface area contributed by atoms with Crippen LogP contribution in [0.5, 0.6) is 17.2 Å². The number of rotatable bonds is 4. The number of ether oxygens (including phenoxy) is 1. The second-order valence-electron chi connectivity index (χ2n) is 4.17. The molecule has 20 heavy (non-hydrogen) atoms. The van der Waals surface area contributed by atoms with Crippen LogP contribution in [-0.2, 0) is 0 Å². The summed E-state index contributed by atoms with van der Waals surface area (Å²) in [5, 5.41) is 18.9. The van der Waals surface area contributed by atoms with Crippen LogP contribution in [0.25, 0.3) is 6.08 Å². The molecule has 0 amide bonds. The standard InChI is InChI=1S/C16H14O4/c1-20-13-7-8-14(16(19)10-13)15(18)9-4-11-2-5-12(17)6-3-11/h2-10,17,19H,1H3/b9-4-. The van der Waals surface area contributed by atoms with Crippen molar-refractivity contribution in [3.05, 3.63) is 59.7 Å². The molecule has 0 heterocycles. The Labute approximate surface area is 116 Å². The molecular formula is C16H14O4. The predicted molar refractivity (Wildman–Crippen MR) is 76.1 cm³/mol. The summed E-state index contributed by atoms with van der Waals surface area (Å²) in [6.45, 7) is 0. The molecule has 2 N–H and O–H groups in total. The highest BCUT2D eigenvalue weighted by molar-refractivity contribution is 6.08. The minimum Gasteiger partial charge on any atom is -0.508 e. The molecule has 0 saturated heterocycles. The molecule has 0 fully saturated rings. The zero-order valence-electron chi connectivity index (χ0n) is 10.9. The number of aromatic hydroxyl groups is 2. The molecule has 0 bridgehead atoms. The van der Waals surface area contributed by atoms with Gasteiger partial charge in [-0.3, -0.25) is 4.79 Å². The molecule has 4 nitrogen and oxygen atoms in total. The average Bonchev–Trinajstić information content (AvgIpc) is 2.46. The first-order valence-electron chi connectivity index (χ1n) is 5.98. The molecule has 0 aliphatic carbocycles. The number of allylic oxidation sites excluding steroid dienone is 1. The van der Waals surface area contributed by atoms with E-state index >= 15 is 0 Å². The van der Waals surface area contributed by atoms with Crippen LogP contribution in [0.15, 0.2) is 48.5 Å². The van der Waals surface area contributed by atoms with Gasteiger partial charge in [0.25, 0.3) is 0 Å². The number of phenols is 2. The van der Waals surface area contributed by atoms with Gasteiger partial charge in [0.05, 0.1) is 12.7 Å². The first-order valence-corrected chi connectivity index (χ1v) is 5.98. The van der Waals surface area contributed by atoms with E-state index in [-0.39, 0.29) is 22.8 Å². The van der Waals surface area contributed by atoms with Crippen molar-refractivity contribution in [2.45, 2.75) is 0 Å². The second kappa shape index (κ2) is 5.93. The number of hydrogen-bond donors (Lipinski definition) is 2. The Morgan fingerprint density at radius 3 is 2.40 bits per heavy atom. The summed E-state index contributed by atoms with van der Waals surface area (Å²) in [5.74, 6) is 0.228. The summed E-state index contributed by atoms with van der Waals surface area (Å²) in [6.07, 6.45) is 2.99. The van der Waals surface area contributed by atoms with Crippen molar-refractivity contribution in [3.63, 3.8) is 0 Å². The Bertz CT molecular complexity index is 642. The summed E-state index contributed by atoms with van der Waals surface area (Å²) in [6, 6.07) is 11.0. The quantitative estimate of drug-likeness (QED) is 0.662.